The van der Waals surface area contributed by atoms with Crippen molar-refractivity contribution in [3.63, 3.8) is 0 Å². The van der Waals surface area contributed by atoms with Crippen molar-refractivity contribution in [2.75, 3.05) is 11.1 Å². The lowest BCUT2D eigenvalue weighted by atomic mass is 9.72. The van der Waals surface area contributed by atoms with Crippen LogP contribution in [0.2, 0.25) is 0 Å². The quantitative estimate of drug-likeness (QED) is 0.480. The van der Waals surface area contributed by atoms with Crippen LogP contribution in [0.3, 0.4) is 0 Å². The first kappa shape index (κ1) is 19.0. The second kappa shape index (κ2) is 7.61. The molecular formula is C22H37N5. The number of nitrogens with one attached hydrogen (secondary N) is 1. The molecule has 0 amide bonds. The van der Waals surface area contributed by atoms with Crippen LogP contribution < -0.4 is 22.5 Å². The van der Waals surface area contributed by atoms with E-state index in [1.54, 1.807) is 0 Å². The van der Waals surface area contributed by atoms with Crippen LogP contribution >= 0.6 is 0 Å². The number of benzene rings is 1. The van der Waals surface area contributed by atoms with Crippen LogP contribution in [0, 0.1) is 0 Å². The average molecular weight is 372 g/mol. The van der Waals surface area contributed by atoms with E-state index < -0.39 is 5.66 Å². The zero-order valence-electron chi connectivity index (χ0n) is 16.6. The molecule has 2 saturated heterocycles. The Labute approximate surface area is 164 Å². The van der Waals surface area contributed by atoms with Crippen molar-refractivity contribution in [3.8, 4) is 0 Å². The highest BCUT2D eigenvalue weighted by atomic mass is 15.4. The molecule has 1 aromatic carbocycles. The SMILES string of the molecule is Nc1ccccc1N[C@]1(N)C[C@@H]2CCC[C@](N)(C1)N2C1CCCCCCC1. The van der Waals surface area contributed by atoms with E-state index in [1.807, 2.05) is 24.3 Å². The summed E-state index contributed by atoms with van der Waals surface area (Å²) in [5, 5.41) is 3.57. The maximum atomic E-state index is 7.11. The third kappa shape index (κ3) is 3.96. The smallest absolute Gasteiger partial charge is 0.0902 e. The summed E-state index contributed by atoms with van der Waals surface area (Å²) in [5.74, 6) is 0. The van der Waals surface area contributed by atoms with Gasteiger partial charge in [0, 0.05) is 18.5 Å². The van der Waals surface area contributed by atoms with E-state index in [4.69, 9.17) is 17.2 Å². The molecule has 0 radical (unpaired) electrons. The minimum absolute atomic E-state index is 0.295. The number of fused-ring (bicyclic) bond motifs is 2. The minimum Gasteiger partial charge on any atom is -0.397 e. The Morgan fingerprint density at radius 3 is 2.26 bits per heavy atom. The van der Waals surface area contributed by atoms with Gasteiger partial charge >= 0.3 is 0 Å². The molecule has 1 aromatic rings. The molecule has 5 heteroatoms. The van der Waals surface area contributed by atoms with Crippen molar-refractivity contribution in [1.82, 2.24) is 4.90 Å². The maximum absolute atomic E-state index is 7.11. The predicted octanol–water partition coefficient (Wildman–Crippen LogP) is 3.75. The third-order valence-electron chi connectivity index (χ3n) is 7.09. The molecule has 2 bridgehead atoms. The van der Waals surface area contributed by atoms with Gasteiger partial charge in [-0.05, 0) is 50.7 Å². The Hall–Kier alpha value is -1.30. The fourth-order valence-electron chi connectivity index (χ4n) is 6.04. The summed E-state index contributed by atoms with van der Waals surface area (Å²) in [5.41, 5.74) is 21.1. The summed E-state index contributed by atoms with van der Waals surface area (Å²) < 4.78 is 0. The van der Waals surface area contributed by atoms with Gasteiger partial charge < -0.3 is 22.5 Å². The van der Waals surface area contributed by atoms with Gasteiger partial charge in [0.2, 0.25) is 0 Å². The highest BCUT2D eigenvalue weighted by Gasteiger charge is 2.53. The summed E-state index contributed by atoms with van der Waals surface area (Å²) in [6.45, 7) is 0. The van der Waals surface area contributed by atoms with E-state index in [-0.39, 0.29) is 5.66 Å². The molecule has 7 N–H and O–H groups in total. The number of hydrogen-bond donors (Lipinski definition) is 4. The number of rotatable bonds is 3. The van der Waals surface area contributed by atoms with Crippen LogP contribution in [0.25, 0.3) is 0 Å². The van der Waals surface area contributed by atoms with Crippen LogP contribution in [-0.2, 0) is 0 Å². The fraction of sp³-hybridized carbons (Fsp3) is 0.727. The van der Waals surface area contributed by atoms with Crippen LogP contribution in [-0.4, -0.2) is 28.3 Å². The first-order chi connectivity index (χ1) is 13.0. The zero-order valence-corrected chi connectivity index (χ0v) is 16.6. The van der Waals surface area contributed by atoms with Gasteiger partial charge in [0.1, 0.15) is 0 Å². The summed E-state index contributed by atoms with van der Waals surface area (Å²) in [6, 6.07) is 9.01. The van der Waals surface area contributed by atoms with Crippen LogP contribution in [0.15, 0.2) is 24.3 Å². The largest absolute Gasteiger partial charge is 0.397 e. The molecule has 3 aliphatic rings. The molecule has 2 heterocycles. The topological polar surface area (TPSA) is 93.3 Å². The van der Waals surface area contributed by atoms with E-state index in [9.17, 15) is 0 Å². The van der Waals surface area contributed by atoms with Gasteiger partial charge in [-0.25, -0.2) is 0 Å². The lowest BCUT2D eigenvalue weighted by Gasteiger charge is -2.61. The molecule has 0 unspecified atom stereocenters. The monoisotopic (exact) mass is 371 g/mol. The van der Waals surface area contributed by atoms with Gasteiger partial charge in [-0.1, -0.05) is 44.2 Å². The third-order valence-corrected chi connectivity index (χ3v) is 7.09. The Balaban J connectivity index is 1.55. The second-order valence-electron chi connectivity index (χ2n) is 9.31. The first-order valence-electron chi connectivity index (χ1n) is 11.0. The zero-order chi connectivity index (χ0) is 18.9. The number of nitrogens with two attached hydrogens (primary N) is 3. The van der Waals surface area contributed by atoms with Gasteiger partial charge in [0.15, 0.2) is 0 Å². The lowest BCUT2D eigenvalue weighted by Crippen LogP contribution is -2.75. The summed E-state index contributed by atoms with van der Waals surface area (Å²) in [6.07, 6.45) is 14.6. The molecule has 1 aliphatic carbocycles. The molecular weight excluding hydrogens is 334 g/mol. The number of piperidine rings is 2. The van der Waals surface area contributed by atoms with Gasteiger partial charge in [0.25, 0.3) is 0 Å². The van der Waals surface area contributed by atoms with E-state index in [0.717, 1.165) is 30.6 Å². The van der Waals surface area contributed by atoms with Crippen molar-refractivity contribution in [3.05, 3.63) is 24.3 Å². The molecule has 5 nitrogen and oxygen atoms in total. The number of anilines is 2. The van der Waals surface area contributed by atoms with Crippen molar-refractivity contribution in [2.45, 2.75) is 100 Å². The van der Waals surface area contributed by atoms with Crippen molar-refractivity contribution in [1.29, 1.82) is 0 Å². The highest BCUT2D eigenvalue weighted by Crippen LogP contribution is 2.45. The Kier molecular flexibility index (Phi) is 5.36. The Morgan fingerprint density at radius 1 is 0.889 bits per heavy atom. The fourth-order valence-corrected chi connectivity index (χ4v) is 6.04. The molecule has 0 spiro atoms. The van der Waals surface area contributed by atoms with E-state index in [2.05, 4.69) is 10.2 Å². The number of para-hydroxylation sites is 2. The molecule has 0 aromatic heterocycles. The molecule has 3 fully saturated rings. The molecule has 2 aliphatic heterocycles. The lowest BCUT2D eigenvalue weighted by molar-refractivity contribution is -0.0936. The predicted molar refractivity (Wildman–Crippen MR) is 113 cm³/mol. The van der Waals surface area contributed by atoms with Crippen LogP contribution in [0.5, 0.6) is 0 Å². The molecule has 4 rings (SSSR count). The summed E-state index contributed by atoms with van der Waals surface area (Å²) in [7, 11) is 0. The first-order valence-corrected chi connectivity index (χ1v) is 11.0. The molecule has 150 valence electrons. The van der Waals surface area contributed by atoms with Gasteiger partial charge in [-0.3, -0.25) is 4.90 Å². The second-order valence-corrected chi connectivity index (χ2v) is 9.31. The van der Waals surface area contributed by atoms with Crippen LogP contribution in [0.1, 0.15) is 77.0 Å². The van der Waals surface area contributed by atoms with Crippen LogP contribution in [0.4, 0.5) is 11.4 Å². The number of nitrogens with zero attached hydrogens (tertiary/aromatic N) is 1. The number of nitrogen functional groups attached to an aromatic ring is 1. The average Bonchev–Trinajstić information content (AvgIpc) is 2.56. The van der Waals surface area contributed by atoms with Crippen molar-refractivity contribution >= 4 is 11.4 Å². The summed E-state index contributed by atoms with van der Waals surface area (Å²) >= 11 is 0. The number of hydrogen-bond acceptors (Lipinski definition) is 5. The normalized spacial score (nSPS) is 36.0. The molecule has 27 heavy (non-hydrogen) atoms. The molecule has 1 saturated carbocycles. The van der Waals surface area contributed by atoms with E-state index >= 15 is 0 Å². The van der Waals surface area contributed by atoms with Gasteiger partial charge in [-0.15, -0.1) is 0 Å². The van der Waals surface area contributed by atoms with Gasteiger partial charge in [-0.2, -0.15) is 0 Å². The highest BCUT2D eigenvalue weighted by molar-refractivity contribution is 5.66. The standard InChI is InChI=1S/C22H37N5/c23-19-12-6-7-13-20(19)26-21(24)15-18-11-8-14-22(25,16-21)27(18)17-9-4-2-1-3-5-10-17/h6-7,12-13,17-18,26H,1-5,8-11,14-16,23-25H2/t18-,21+,22+/m0/s1. The minimum atomic E-state index is -0.493. The maximum Gasteiger partial charge on any atom is 0.0902 e. The van der Waals surface area contributed by atoms with Crippen molar-refractivity contribution < 1.29 is 0 Å². The Morgan fingerprint density at radius 2 is 1.56 bits per heavy atom. The van der Waals surface area contributed by atoms with E-state index in [0.29, 0.717) is 12.1 Å². The summed E-state index contributed by atoms with van der Waals surface area (Å²) in [4.78, 5) is 2.71. The van der Waals surface area contributed by atoms with Gasteiger partial charge in [0.05, 0.1) is 22.7 Å². The van der Waals surface area contributed by atoms with Crippen molar-refractivity contribution in [2.24, 2.45) is 11.5 Å². The Bertz CT molecular complexity index is 641. The molecule has 3 atom stereocenters. The van der Waals surface area contributed by atoms with E-state index in [1.165, 1.54) is 57.8 Å².